The molecule has 0 aliphatic heterocycles. The van der Waals surface area contributed by atoms with Crippen LogP contribution < -0.4 is 5.73 Å². The fourth-order valence-corrected chi connectivity index (χ4v) is 1.50. The summed E-state index contributed by atoms with van der Waals surface area (Å²) in [5.41, 5.74) is 4.49. The minimum atomic E-state index is -1.42. The van der Waals surface area contributed by atoms with Gasteiger partial charge >= 0.3 is 0 Å². The monoisotopic (exact) mass is 241 g/mol. The third-order valence-electron chi connectivity index (χ3n) is 1.48. The quantitative estimate of drug-likeness (QED) is 0.744. The van der Waals surface area contributed by atoms with Crippen LogP contribution >= 0.6 is 35.6 Å². The minimum Gasteiger partial charge on any atom is -0.372 e. The first-order chi connectivity index (χ1) is 5.41. The number of benzene rings is 1. The topological polar surface area (TPSA) is 46.2 Å². The predicted octanol–water partition coefficient (Wildman–Crippen LogP) is 2.54. The van der Waals surface area contributed by atoms with Gasteiger partial charge in [-0.3, -0.25) is 5.73 Å². The van der Waals surface area contributed by atoms with E-state index in [9.17, 15) is 5.11 Å². The molecular formula is C8H10Cl3NO. The van der Waals surface area contributed by atoms with Gasteiger partial charge in [-0.2, -0.15) is 0 Å². The summed E-state index contributed by atoms with van der Waals surface area (Å²) >= 11 is 11.4. The summed E-state index contributed by atoms with van der Waals surface area (Å²) in [6.07, 6.45) is 0. The maximum absolute atomic E-state index is 9.41. The Bertz CT molecular complexity index is 296. The average Bonchev–Trinajstić information content (AvgIpc) is 1.83. The Morgan fingerprint density at radius 1 is 1.38 bits per heavy atom. The van der Waals surface area contributed by atoms with Gasteiger partial charge in [0.25, 0.3) is 0 Å². The zero-order chi connectivity index (χ0) is 9.35. The number of hydrogen-bond acceptors (Lipinski definition) is 2. The molecule has 1 aromatic carbocycles. The molecule has 5 heteroatoms. The van der Waals surface area contributed by atoms with E-state index in [1.807, 2.05) is 0 Å². The van der Waals surface area contributed by atoms with Crippen LogP contribution in [-0.2, 0) is 5.72 Å². The molecule has 0 unspecified atom stereocenters. The van der Waals surface area contributed by atoms with Crippen LogP contribution in [0.1, 0.15) is 12.5 Å². The van der Waals surface area contributed by atoms with E-state index in [0.717, 1.165) is 0 Å². The third kappa shape index (κ3) is 3.33. The molecule has 2 nitrogen and oxygen atoms in total. The van der Waals surface area contributed by atoms with E-state index in [1.54, 1.807) is 18.2 Å². The highest BCUT2D eigenvalue weighted by Crippen LogP contribution is 2.26. The first kappa shape index (κ1) is 13.0. The molecular weight excluding hydrogens is 232 g/mol. The zero-order valence-electron chi connectivity index (χ0n) is 6.92. The predicted molar refractivity (Wildman–Crippen MR) is 57.5 cm³/mol. The second-order valence-electron chi connectivity index (χ2n) is 2.77. The van der Waals surface area contributed by atoms with E-state index >= 15 is 0 Å². The van der Waals surface area contributed by atoms with Gasteiger partial charge in [0, 0.05) is 15.6 Å². The Balaban J connectivity index is 0.00000144. The number of hydrogen-bond donors (Lipinski definition) is 2. The maximum Gasteiger partial charge on any atom is 0.138 e. The molecule has 3 N–H and O–H groups in total. The maximum atomic E-state index is 9.41. The lowest BCUT2D eigenvalue weighted by Crippen LogP contribution is -2.32. The molecule has 1 rings (SSSR count). The SMILES string of the molecule is C[C@](N)(O)c1ccc(Cl)cc1Cl.Cl. The summed E-state index contributed by atoms with van der Waals surface area (Å²) < 4.78 is 0. The first-order valence-electron chi connectivity index (χ1n) is 3.38. The van der Waals surface area contributed by atoms with Crippen molar-refractivity contribution in [1.82, 2.24) is 0 Å². The van der Waals surface area contributed by atoms with E-state index in [2.05, 4.69) is 0 Å². The van der Waals surface area contributed by atoms with Crippen LogP contribution in [0.5, 0.6) is 0 Å². The molecule has 0 heterocycles. The highest BCUT2D eigenvalue weighted by atomic mass is 35.5. The molecule has 0 aromatic heterocycles. The molecule has 0 aliphatic rings. The lowest BCUT2D eigenvalue weighted by Gasteiger charge is -2.18. The van der Waals surface area contributed by atoms with Gasteiger partial charge in [-0.15, -0.1) is 12.4 Å². The van der Waals surface area contributed by atoms with Crippen molar-refractivity contribution in [2.75, 3.05) is 0 Å². The smallest absolute Gasteiger partial charge is 0.138 e. The third-order valence-corrected chi connectivity index (χ3v) is 2.02. The normalized spacial score (nSPS) is 14.5. The fourth-order valence-electron chi connectivity index (χ4n) is 0.900. The van der Waals surface area contributed by atoms with Crippen molar-refractivity contribution in [1.29, 1.82) is 0 Å². The molecule has 13 heavy (non-hydrogen) atoms. The Labute approximate surface area is 93.1 Å². The van der Waals surface area contributed by atoms with E-state index < -0.39 is 5.72 Å². The highest BCUT2D eigenvalue weighted by Gasteiger charge is 2.19. The summed E-state index contributed by atoms with van der Waals surface area (Å²) in [4.78, 5) is 0. The van der Waals surface area contributed by atoms with Gasteiger partial charge in [0.15, 0.2) is 0 Å². The molecule has 0 aliphatic carbocycles. The van der Waals surface area contributed by atoms with Crippen molar-refractivity contribution in [2.45, 2.75) is 12.6 Å². The van der Waals surface area contributed by atoms with Crippen LogP contribution in [0.4, 0.5) is 0 Å². The van der Waals surface area contributed by atoms with Crippen LogP contribution in [0, 0.1) is 0 Å². The molecule has 1 atom stereocenters. The first-order valence-corrected chi connectivity index (χ1v) is 4.13. The largest absolute Gasteiger partial charge is 0.372 e. The van der Waals surface area contributed by atoms with Gasteiger partial charge in [0.2, 0.25) is 0 Å². The van der Waals surface area contributed by atoms with Crippen LogP contribution in [0.15, 0.2) is 18.2 Å². The van der Waals surface area contributed by atoms with Crippen LogP contribution in [-0.4, -0.2) is 5.11 Å². The zero-order valence-corrected chi connectivity index (χ0v) is 9.25. The van der Waals surface area contributed by atoms with Crippen molar-refractivity contribution in [3.63, 3.8) is 0 Å². The number of rotatable bonds is 1. The van der Waals surface area contributed by atoms with Crippen LogP contribution in [0.25, 0.3) is 0 Å². The van der Waals surface area contributed by atoms with Crippen LogP contribution in [0.3, 0.4) is 0 Å². The van der Waals surface area contributed by atoms with Gasteiger partial charge in [-0.05, 0) is 19.1 Å². The van der Waals surface area contributed by atoms with Crippen molar-refractivity contribution in [3.05, 3.63) is 33.8 Å². The second-order valence-corrected chi connectivity index (χ2v) is 3.62. The summed E-state index contributed by atoms with van der Waals surface area (Å²) in [6.45, 7) is 1.46. The lowest BCUT2D eigenvalue weighted by atomic mass is 10.1. The molecule has 0 bridgehead atoms. The molecule has 74 valence electrons. The Hall–Kier alpha value is 0.01000. The van der Waals surface area contributed by atoms with Crippen molar-refractivity contribution < 1.29 is 5.11 Å². The highest BCUT2D eigenvalue weighted by molar-refractivity contribution is 6.35. The average molecular weight is 243 g/mol. The standard InChI is InChI=1S/C8H9Cl2NO.ClH/c1-8(11,12)6-3-2-5(9)4-7(6)10;/h2-4,12H,11H2,1H3;1H/t8-;/m0./s1. The second kappa shape index (κ2) is 4.49. The molecule has 0 radical (unpaired) electrons. The molecule has 0 saturated carbocycles. The Morgan fingerprint density at radius 2 is 1.92 bits per heavy atom. The molecule has 1 aromatic rings. The van der Waals surface area contributed by atoms with Gasteiger partial charge < -0.3 is 5.11 Å². The van der Waals surface area contributed by atoms with Gasteiger partial charge in [0.05, 0.1) is 0 Å². The Kier molecular flexibility index (Phi) is 4.49. The fraction of sp³-hybridized carbons (Fsp3) is 0.250. The van der Waals surface area contributed by atoms with E-state index in [4.69, 9.17) is 28.9 Å². The van der Waals surface area contributed by atoms with Crippen molar-refractivity contribution in [2.24, 2.45) is 5.73 Å². The van der Waals surface area contributed by atoms with E-state index in [0.29, 0.717) is 15.6 Å². The number of nitrogens with two attached hydrogens (primary N) is 1. The molecule has 0 amide bonds. The molecule has 0 saturated heterocycles. The molecule has 0 fully saturated rings. The lowest BCUT2D eigenvalue weighted by molar-refractivity contribution is 0.0648. The summed E-state index contributed by atoms with van der Waals surface area (Å²) in [5, 5.41) is 10.3. The number of aliphatic hydroxyl groups is 1. The molecule has 0 spiro atoms. The van der Waals surface area contributed by atoms with Gasteiger partial charge in [-0.25, -0.2) is 0 Å². The number of halogens is 3. The minimum absolute atomic E-state index is 0. The van der Waals surface area contributed by atoms with Crippen molar-refractivity contribution in [3.8, 4) is 0 Å². The Morgan fingerprint density at radius 3 is 2.31 bits per heavy atom. The van der Waals surface area contributed by atoms with E-state index in [1.165, 1.54) is 6.92 Å². The van der Waals surface area contributed by atoms with Crippen molar-refractivity contribution >= 4 is 35.6 Å². The van der Waals surface area contributed by atoms with Gasteiger partial charge in [-0.1, -0.05) is 29.3 Å². The summed E-state index contributed by atoms with van der Waals surface area (Å²) in [5.74, 6) is 0. The summed E-state index contributed by atoms with van der Waals surface area (Å²) in [7, 11) is 0. The van der Waals surface area contributed by atoms with Gasteiger partial charge in [0.1, 0.15) is 5.72 Å². The summed E-state index contributed by atoms with van der Waals surface area (Å²) in [6, 6.07) is 4.77. The van der Waals surface area contributed by atoms with E-state index in [-0.39, 0.29) is 12.4 Å². The van der Waals surface area contributed by atoms with Crippen LogP contribution in [0.2, 0.25) is 10.0 Å².